The van der Waals surface area contributed by atoms with E-state index < -0.39 is 18.6 Å². The predicted molar refractivity (Wildman–Crippen MR) is 104 cm³/mol. The molecule has 29 heavy (non-hydrogen) atoms. The van der Waals surface area contributed by atoms with Crippen LogP contribution in [0.3, 0.4) is 0 Å². The largest absolute Gasteiger partial charge is 0.478 e. The number of nitrogens with one attached hydrogen (secondary N) is 1. The van der Waals surface area contributed by atoms with Gasteiger partial charge in [-0.3, -0.25) is 9.48 Å². The highest BCUT2D eigenvalue weighted by atomic mass is 32.1. The molecule has 0 fully saturated rings. The Morgan fingerprint density at radius 2 is 2.03 bits per heavy atom. The Morgan fingerprint density at radius 3 is 2.79 bits per heavy atom. The summed E-state index contributed by atoms with van der Waals surface area (Å²) in [6, 6.07) is 2.96. The highest BCUT2D eigenvalue weighted by molar-refractivity contribution is 7.21. The van der Waals surface area contributed by atoms with Crippen molar-refractivity contribution in [2.45, 2.75) is 13.5 Å². The predicted octanol–water partition coefficient (Wildman–Crippen LogP) is 2.88. The molecule has 0 aromatic carbocycles. The lowest BCUT2D eigenvalue weighted by molar-refractivity contribution is 0.0697. The molecule has 0 aliphatic rings. The third-order valence-corrected chi connectivity index (χ3v) is 5.33. The number of amides is 1. The third-order valence-electron chi connectivity index (χ3n) is 4.17. The monoisotopic (exact) mass is 414 g/mol. The Kier molecular flexibility index (Phi) is 4.80. The molecule has 2 N–H and O–H groups in total. The number of fused-ring (bicyclic) bond motifs is 1. The third kappa shape index (κ3) is 3.59. The lowest BCUT2D eigenvalue weighted by Crippen LogP contribution is -2.16. The topological polar surface area (TPSA) is 114 Å². The summed E-state index contributed by atoms with van der Waals surface area (Å²) >= 11 is 1.32. The van der Waals surface area contributed by atoms with Crippen LogP contribution in [0.5, 0.6) is 0 Å². The van der Waals surface area contributed by atoms with Crippen molar-refractivity contribution in [3.63, 3.8) is 0 Å². The van der Waals surface area contributed by atoms with Gasteiger partial charge >= 0.3 is 5.97 Å². The van der Waals surface area contributed by atoms with Crippen LogP contribution in [0, 0.1) is 6.92 Å². The first-order valence-corrected chi connectivity index (χ1v) is 9.36. The lowest BCUT2D eigenvalue weighted by Gasteiger charge is -2.07. The molecule has 0 unspecified atom stereocenters. The van der Waals surface area contributed by atoms with Crippen molar-refractivity contribution in [2.75, 3.05) is 12.0 Å². The second-order valence-corrected chi connectivity index (χ2v) is 7.22. The van der Waals surface area contributed by atoms with Gasteiger partial charge in [-0.25, -0.2) is 18.7 Å². The minimum atomic E-state index is -1.18. The average Bonchev–Trinajstić information content (AvgIpc) is 3.36. The van der Waals surface area contributed by atoms with Crippen molar-refractivity contribution in [1.29, 1.82) is 0 Å². The van der Waals surface area contributed by atoms with E-state index in [-0.39, 0.29) is 23.5 Å². The molecule has 4 rings (SSSR count). The Bertz CT molecular complexity index is 1230. The molecule has 4 aromatic heterocycles. The summed E-state index contributed by atoms with van der Waals surface area (Å²) in [6.07, 6.45) is 6.51. The molecule has 148 valence electrons. The number of carbonyl (C=O) groups is 2. The van der Waals surface area contributed by atoms with Gasteiger partial charge in [0.15, 0.2) is 0 Å². The van der Waals surface area contributed by atoms with Crippen LogP contribution in [0.4, 0.5) is 10.2 Å². The SMILES string of the molecule is Cc1ccc(C(=O)O)c(NC(=O)c2cnn3cc(-c4cnn(CCF)c4)sc23)n1. The van der Waals surface area contributed by atoms with Crippen LogP contribution in [0.15, 0.2) is 36.9 Å². The molecule has 4 heterocycles. The minimum absolute atomic E-state index is 0.0221. The number of rotatable bonds is 6. The molecule has 1 amide bonds. The first kappa shape index (κ1) is 18.7. The number of anilines is 1. The summed E-state index contributed by atoms with van der Waals surface area (Å²) in [5.74, 6) is -1.72. The first-order chi connectivity index (χ1) is 14.0. The van der Waals surface area contributed by atoms with Crippen molar-refractivity contribution in [3.8, 4) is 10.4 Å². The number of pyridine rings is 1. The number of aryl methyl sites for hydroxylation is 2. The maximum absolute atomic E-state index is 12.8. The number of hydrogen-bond donors (Lipinski definition) is 2. The molecule has 0 spiro atoms. The molecular weight excluding hydrogens is 399 g/mol. The van der Waals surface area contributed by atoms with Gasteiger partial charge in [-0.1, -0.05) is 0 Å². The number of hydrogen-bond acceptors (Lipinski definition) is 6. The highest BCUT2D eigenvalue weighted by Crippen LogP contribution is 2.30. The zero-order chi connectivity index (χ0) is 20.5. The number of aromatic nitrogens is 5. The summed E-state index contributed by atoms with van der Waals surface area (Å²) < 4.78 is 15.5. The van der Waals surface area contributed by atoms with Crippen LogP contribution in [-0.4, -0.2) is 48.0 Å². The van der Waals surface area contributed by atoms with Gasteiger partial charge < -0.3 is 10.4 Å². The number of carbonyl (C=O) groups excluding carboxylic acids is 1. The second kappa shape index (κ2) is 7.43. The van der Waals surface area contributed by atoms with Gasteiger partial charge in [0, 0.05) is 23.7 Å². The van der Waals surface area contributed by atoms with E-state index in [0.717, 1.165) is 10.4 Å². The highest BCUT2D eigenvalue weighted by Gasteiger charge is 2.20. The fraction of sp³-hybridized carbons (Fsp3) is 0.167. The Morgan fingerprint density at radius 1 is 1.21 bits per heavy atom. The zero-order valence-electron chi connectivity index (χ0n) is 15.2. The Balaban J connectivity index is 1.64. The summed E-state index contributed by atoms with van der Waals surface area (Å²) in [5, 5.41) is 20.1. The second-order valence-electron chi connectivity index (χ2n) is 6.19. The van der Waals surface area contributed by atoms with Gasteiger partial charge in [-0.05, 0) is 19.1 Å². The van der Waals surface area contributed by atoms with Gasteiger partial charge in [0.05, 0.1) is 29.4 Å². The van der Waals surface area contributed by atoms with E-state index in [1.54, 1.807) is 36.1 Å². The molecular formula is C18H15FN6O3S. The quantitative estimate of drug-likeness (QED) is 0.501. The number of carboxylic acids is 1. The maximum atomic E-state index is 12.8. The van der Waals surface area contributed by atoms with Crippen molar-refractivity contribution < 1.29 is 19.1 Å². The molecule has 0 bridgehead atoms. The van der Waals surface area contributed by atoms with Crippen molar-refractivity contribution in [3.05, 3.63) is 53.7 Å². The van der Waals surface area contributed by atoms with Crippen LogP contribution < -0.4 is 5.32 Å². The molecule has 0 saturated heterocycles. The van der Waals surface area contributed by atoms with E-state index in [1.165, 1.54) is 28.3 Å². The van der Waals surface area contributed by atoms with Gasteiger partial charge in [0.1, 0.15) is 22.9 Å². The molecule has 0 aliphatic heterocycles. The zero-order valence-corrected chi connectivity index (χ0v) is 16.0. The molecule has 0 aliphatic carbocycles. The Labute approximate surface area is 167 Å². The van der Waals surface area contributed by atoms with E-state index >= 15 is 0 Å². The fourth-order valence-corrected chi connectivity index (χ4v) is 3.81. The normalized spacial score (nSPS) is 11.1. The van der Waals surface area contributed by atoms with E-state index in [0.29, 0.717) is 10.5 Å². The van der Waals surface area contributed by atoms with Crippen LogP contribution in [-0.2, 0) is 6.54 Å². The summed E-state index contributed by atoms with van der Waals surface area (Å²) in [7, 11) is 0. The number of aromatic carboxylic acids is 1. The molecule has 0 saturated carbocycles. The number of halogens is 1. The van der Waals surface area contributed by atoms with Crippen LogP contribution in [0.1, 0.15) is 26.4 Å². The number of nitrogens with zero attached hydrogens (tertiary/aromatic N) is 5. The fourth-order valence-electron chi connectivity index (χ4n) is 2.77. The van der Waals surface area contributed by atoms with E-state index in [2.05, 4.69) is 20.5 Å². The van der Waals surface area contributed by atoms with E-state index in [9.17, 15) is 19.1 Å². The van der Waals surface area contributed by atoms with Crippen molar-refractivity contribution >= 4 is 33.9 Å². The number of thiazole rings is 1. The van der Waals surface area contributed by atoms with E-state index in [1.807, 2.05) is 0 Å². The van der Waals surface area contributed by atoms with Crippen LogP contribution in [0.2, 0.25) is 0 Å². The minimum Gasteiger partial charge on any atom is -0.478 e. The number of alkyl halides is 1. The summed E-state index contributed by atoms with van der Waals surface area (Å²) in [4.78, 5) is 29.7. The maximum Gasteiger partial charge on any atom is 0.339 e. The molecule has 0 radical (unpaired) electrons. The van der Waals surface area contributed by atoms with Crippen molar-refractivity contribution in [2.24, 2.45) is 0 Å². The standard InChI is InChI=1S/C18H15FN6O3S/c1-10-2-3-12(18(27)28)15(22-10)23-16(26)13-7-21-25-9-14(29-17(13)25)11-6-20-24(8-11)5-4-19/h2-3,6-9H,4-5H2,1H3,(H,27,28)(H,22,23,26). The average molecular weight is 414 g/mol. The number of carboxylic acid groups (broad SMARTS) is 1. The van der Waals surface area contributed by atoms with Gasteiger partial charge in [0.2, 0.25) is 0 Å². The van der Waals surface area contributed by atoms with E-state index in [4.69, 9.17) is 0 Å². The summed E-state index contributed by atoms with van der Waals surface area (Å²) in [5.41, 5.74) is 1.56. The van der Waals surface area contributed by atoms with Crippen molar-refractivity contribution in [1.82, 2.24) is 24.4 Å². The van der Waals surface area contributed by atoms with Crippen LogP contribution in [0.25, 0.3) is 15.3 Å². The van der Waals surface area contributed by atoms with Gasteiger partial charge in [0.25, 0.3) is 5.91 Å². The van der Waals surface area contributed by atoms with Gasteiger partial charge in [-0.2, -0.15) is 10.2 Å². The molecule has 4 aromatic rings. The first-order valence-electron chi connectivity index (χ1n) is 8.54. The molecule has 0 atom stereocenters. The lowest BCUT2D eigenvalue weighted by atomic mass is 10.2. The van der Waals surface area contributed by atoms with Gasteiger partial charge in [-0.15, -0.1) is 11.3 Å². The smallest absolute Gasteiger partial charge is 0.339 e. The molecule has 9 nitrogen and oxygen atoms in total. The summed E-state index contributed by atoms with van der Waals surface area (Å²) in [6.45, 7) is 1.37. The molecule has 11 heteroatoms. The Hall–Kier alpha value is -3.60. The van der Waals surface area contributed by atoms with Crippen LogP contribution >= 0.6 is 11.3 Å².